The Morgan fingerprint density at radius 3 is 2.35 bits per heavy atom. The molecule has 0 aliphatic heterocycles. The van der Waals surface area contributed by atoms with E-state index >= 15 is 0 Å². The number of hydrogen-bond acceptors (Lipinski definition) is 6. The zero-order valence-corrected chi connectivity index (χ0v) is 18.6. The maximum atomic E-state index is 12.9. The van der Waals surface area contributed by atoms with E-state index in [9.17, 15) is 14.4 Å². The summed E-state index contributed by atoms with van der Waals surface area (Å²) in [6, 6.07) is 14.9. The Bertz CT molecular complexity index is 1130. The number of benzene rings is 2. The number of likely N-dealkylation sites (N-methyl/N-ethyl adjacent to an activating group) is 1. The van der Waals surface area contributed by atoms with Crippen LogP contribution in [0.4, 0.5) is 4.79 Å². The number of aromatic amines is 1. The van der Waals surface area contributed by atoms with E-state index in [1.165, 1.54) is 18.3 Å². The van der Waals surface area contributed by atoms with E-state index in [1.807, 2.05) is 48.5 Å². The monoisotopic (exact) mass is 463 g/mol. The molecule has 1 heterocycles. The second kappa shape index (κ2) is 10.2. The number of carboxylic acid groups (broad SMARTS) is 1. The van der Waals surface area contributed by atoms with Gasteiger partial charge in [-0.3, -0.25) is 14.7 Å². The maximum absolute atomic E-state index is 12.9. The molecule has 0 saturated heterocycles. The van der Waals surface area contributed by atoms with Crippen molar-refractivity contribution in [2.24, 2.45) is 0 Å². The molecule has 0 saturated carbocycles. The molecule has 34 heavy (non-hydrogen) atoms. The fraction of sp³-hybridized carbons (Fsp3) is 0.292. The van der Waals surface area contributed by atoms with Crippen molar-refractivity contribution in [3.05, 3.63) is 71.8 Å². The molecule has 1 atom stereocenters. The van der Waals surface area contributed by atoms with Crippen LogP contribution in [0, 0.1) is 0 Å². The summed E-state index contributed by atoms with van der Waals surface area (Å²) in [7, 11) is 1.54. The molecule has 10 heteroatoms. The van der Waals surface area contributed by atoms with Gasteiger partial charge < -0.3 is 20.1 Å². The van der Waals surface area contributed by atoms with Crippen molar-refractivity contribution >= 4 is 18.0 Å². The summed E-state index contributed by atoms with van der Waals surface area (Å²) in [6.07, 6.45) is 0.193. The zero-order valence-electron chi connectivity index (χ0n) is 18.6. The summed E-state index contributed by atoms with van der Waals surface area (Å²) in [5.41, 5.74) is 4.36. The van der Waals surface area contributed by atoms with E-state index in [-0.39, 0.29) is 31.9 Å². The smallest absolute Gasteiger partial charge is 0.407 e. The molecule has 4 rings (SSSR count). The van der Waals surface area contributed by atoms with Gasteiger partial charge in [-0.25, -0.2) is 9.78 Å². The van der Waals surface area contributed by atoms with E-state index in [0.29, 0.717) is 5.82 Å². The highest BCUT2D eigenvalue weighted by Gasteiger charge is 2.30. The highest BCUT2D eigenvalue weighted by Crippen LogP contribution is 2.44. The van der Waals surface area contributed by atoms with Gasteiger partial charge in [-0.2, -0.15) is 5.10 Å². The summed E-state index contributed by atoms with van der Waals surface area (Å²) in [5, 5.41) is 18.0. The summed E-state index contributed by atoms with van der Waals surface area (Å²) in [4.78, 5) is 41.9. The summed E-state index contributed by atoms with van der Waals surface area (Å²) >= 11 is 0. The first-order chi connectivity index (χ1) is 16.4. The second-order valence-electron chi connectivity index (χ2n) is 8.08. The summed E-state index contributed by atoms with van der Waals surface area (Å²) in [5.74, 6) is -1.18. The Balaban J connectivity index is 1.41. The fourth-order valence-corrected chi connectivity index (χ4v) is 4.18. The molecule has 0 radical (unpaired) electrons. The number of nitrogens with one attached hydrogen (secondary N) is 2. The third-order valence-corrected chi connectivity index (χ3v) is 5.81. The SMILES string of the molecule is CN(Cc1ncn[nH]1)C(=O)C(CCC(=O)O)NC(=O)OCC1c2ccccc2-c2ccccc21. The van der Waals surface area contributed by atoms with Gasteiger partial charge in [0.1, 0.15) is 24.8 Å². The second-order valence-corrected chi connectivity index (χ2v) is 8.08. The highest BCUT2D eigenvalue weighted by atomic mass is 16.5. The van der Waals surface area contributed by atoms with Gasteiger partial charge in [0.05, 0.1) is 6.54 Å². The lowest BCUT2D eigenvalue weighted by molar-refractivity contribution is -0.138. The number of aromatic nitrogens is 3. The number of carbonyl (C=O) groups excluding carboxylic acids is 2. The van der Waals surface area contributed by atoms with Crippen molar-refractivity contribution in [2.45, 2.75) is 31.3 Å². The average Bonchev–Trinajstić information content (AvgIpc) is 3.46. The van der Waals surface area contributed by atoms with Gasteiger partial charge >= 0.3 is 12.1 Å². The topological polar surface area (TPSA) is 138 Å². The minimum absolute atomic E-state index is 0.0703. The number of amides is 2. The van der Waals surface area contributed by atoms with Crippen molar-refractivity contribution in [1.29, 1.82) is 0 Å². The van der Waals surface area contributed by atoms with Crippen LogP contribution >= 0.6 is 0 Å². The Morgan fingerprint density at radius 2 is 1.76 bits per heavy atom. The Morgan fingerprint density at radius 1 is 1.12 bits per heavy atom. The third-order valence-electron chi connectivity index (χ3n) is 5.81. The number of rotatable bonds is 9. The van der Waals surface area contributed by atoms with Gasteiger partial charge in [-0.15, -0.1) is 0 Å². The first-order valence-electron chi connectivity index (χ1n) is 10.9. The molecule has 176 valence electrons. The van der Waals surface area contributed by atoms with Crippen molar-refractivity contribution in [3.8, 4) is 11.1 Å². The van der Waals surface area contributed by atoms with E-state index in [2.05, 4.69) is 20.5 Å². The Hall–Kier alpha value is -4.21. The van der Waals surface area contributed by atoms with Crippen molar-refractivity contribution in [1.82, 2.24) is 25.4 Å². The number of nitrogens with zero attached hydrogens (tertiary/aromatic N) is 3. The molecule has 1 aliphatic rings. The van der Waals surface area contributed by atoms with Crippen molar-refractivity contribution in [2.75, 3.05) is 13.7 Å². The Labute approximate surface area is 196 Å². The quantitative estimate of drug-likeness (QED) is 0.443. The predicted molar refractivity (Wildman–Crippen MR) is 122 cm³/mol. The number of hydrogen-bond donors (Lipinski definition) is 3. The van der Waals surface area contributed by atoms with Crippen LogP contribution in [0.2, 0.25) is 0 Å². The molecule has 0 spiro atoms. The van der Waals surface area contributed by atoms with Crippen LogP contribution in [0.5, 0.6) is 0 Å². The lowest BCUT2D eigenvalue weighted by atomic mass is 9.98. The van der Waals surface area contributed by atoms with Crippen LogP contribution in [0.15, 0.2) is 54.9 Å². The van der Waals surface area contributed by atoms with E-state index in [1.54, 1.807) is 0 Å². The van der Waals surface area contributed by atoms with Crippen LogP contribution in [-0.2, 0) is 20.9 Å². The first kappa shape index (κ1) is 23.0. The number of carbonyl (C=O) groups is 3. The molecule has 2 aromatic carbocycles. The molecule has 2 amide bonds. The molecule has 1 unspecified atom stereocenters. The first-order valence-corrected chi connectivity index (χ1v) is 10.9. The molecule has 3 aromatic rings. The lowest BCUT2D eigenvalue weighted by Crippen LogP contribution is -2.47. The van der Waals surface area contributed by atoms with Crippen LogP contribution < -0.4 is 5.32 Å². The summed E-state index contributed by atoms with van der Waals surface area (Å²) < 4.78 is 5.52. The maximum Gasteiger partial charge on any atom is 0.407 e. The lowest BCUT2D eigenvalue weighted by Gasteiger charge is -2.24. The van der Waals surface area contributed by atoms with Gasteiger partial charge in [-0.1, -0.05) is 48.5 Å². The molecule has 10 nitrogen and oxygen atoms in total. The zero-order chi connectivity index (χ0) is 24.1. The molecular weight excluding hydrogens is 438 g/mol. The van der Waals surface area contributed by atoms with E-state index in [4.69, 9.17) is 9.84 Å². The largest absolute Gasteiger partial charge is 0.481 e. The average molecular weight is 463 g/mol. The van der Waals surface area contributed by atoms with E-state index in [0.717, 1.165) is 22.3 Å². The molecule has 0 bridgehead atoms. The number of H-pyrrole nitrogens is 1. The number of aliphatic carboxylic acids is 1. The predicted octanol–water partition coefficient (Wildman–Crippen LogP) is 2.54. The van der Waals surface area contributed by atoms with Gasteiger partial charge in [-0.05, 0) is 28.7 Å². The number of fused-ring (bicyclic) bond motifs is 3. The van der Waals surface area contributed by atoms with Crippen LogP contribution in [0.1, 0.15) is 35.7 Å². The minimum atomic E-state index is -1.06. The normalized spacial score (nSPS) is 13.0. The molecule has 0 fully saturated rings. The molecular formula is C24H25N5O5. The van der Waals surface area contributed by atoms with Gasteiger partial charge in [0.2, 0.25) is 5.91 Å². The van der Waals surface area contributed by atoms with E-state index < -0.39 is 24.0 Å². The standard InChI is InChI=1S/C24H25N5O5/c1-29(12-21-25-14-26-28-21)23(32)20(10-11-22(30)31)27-24(33)34-13-19-17-8-4-2-6-15(17)16-7-3-5-9-18(16)19/h2-9,14,19-20H,10-13H2,1H3,(H,27,33)(H,30,31)(H,25,26,28). The Kier molecular flexibility index (Phi) is 6.86. The number of alkyl carbamates (subject to hydrolysis) is 1. The number of carboxylic acids is 1. The van der Waals surface area contributed by atoms with Crippen LogP contribution in [0.25, 0.3) is 11.1 Å². The van der Waals surface area contributed by atoms with Crippen molar-refractivity contribution in [3.63, 3.8) is 0 Å². The fourth-order valence-electron chi connectivity index (χ4n) is 4.18. The summed E-state index contributed by atoms with van der Waals surface area (Å²) in [6.45, 7) is 0.225. The van der Waals surface area contributed by atoms with Gasteiger partial charge in [0.25, 0.3) is 0 Å². The van der Waals surface area contributed by atoms with Crippen LogP contribution in [0.3, 0.4) is 0 Å². The molecule has 3 N–H and O–H groups in total. The van der Waals surface area contributed by atoms with Gasteiger partial charge in [0.15, 0.2) is 0 Å². The van der Waals surface area contributed by atoms with Crippen molar-refractivity contribution < 1.29 is 24.2 Å². The highest BCUT2D eigenvalue weighted by molar-refractivity contribution is 5.86. The molecule has 1 aromatic heterocycles. The minimum Gasteiger partial charge on any atom is -0.481 e. The number of ether oxygens (including phenoxy) is 1. The third kappa shape index (κ3) is 5.06. The molecule has 1 aliphatic carbocycles. The van der Waals surface area contributed by atoms with Gasteiger partial charge in [0, 0.05) is 19.4 Å². The van der Waals surface area contributed by atoms with Crippen LogP contribution in [-0.4, -0.2) is 62.9 Å².